The maximum atomic E-state index is 5.78. The molecule has 0 spiro atoms. The Morgan fingerprint density at radius 3 is 2.29 bits per heavy atom. The lowest BCUT2D eigenvalue weighted by Gasteiger charge is -2.11. The fraction of sp³-hybridized carbons (Fsp3) is 1.00. The van der Waals surface area contributed by atoms with Crippen molar-refractivity contribution in [3.63, 3.8) is 0 Å². The van der Waals surface area contributed by atoms with Crippen molar-refractivity contribution >= 4 is 0 Å². The molecule has 0 aromatic carbocycles. The monoisotopic (exact) mass is 98.1 g/mol. The van der Waals surface area contributed by atoms with E-state index in [-0.39, 0.29) is 5.54 Å². The number of nitrogens with one attached hydrogen (secondary N) is 1. The van der Waals surface area contributed by atoms with Crippen LogP contribution in [0.2, 0.25) is 0 Å². The predicted molar refractivity (Wildman–Crippen MR) is 27.9 cm³/mol. The van der Waals surface area contributed by atoms with Gasteiger partial charge in [0.2, 0.25) is 0 Å². The lowest BCUT2D eigenvalue weighted by molar-refractivity contribution is 0.507. The summed E-state index contributed by atoms with van der Waals surface area (Å²) < 4.78 is 0. The zero-order valence-corrected chi connectivity index (χ0v) is 4.44. The van der Waals surface area contributed by atoms with E-state index in [2.05, 4.69) is 12.2 Å². The average molecular weight is 98.1 g/mol. The Bertz CT molecular complexity index is 103. The highest BCUT2D eigenvalue weighted by atomic mass is 15.4. The van der Waals surface area contributed by atoms with E-state index in [4.69, 9.17) is 5.73 Å². The zero-order chi connectivity index (χ0) is 5.07. The van der Waals surface area contributed by atoms with Gasteiger partial charge >= 0.3 is 0 Å². The van der Waals surface area contributed by atoms with Crippen LogP contribution in [0.5, 0.6) is 0 Å². The molecule has 0 radical (unpaired) electrons. The Labute approximate surface area is 43.1 Å². The van der Waals surface area contributed by atoms with Crippen molar-refractivity contribution in [3.8, 4) is 0 Å². The minimum absolute atomic E-state index is 0.236. The molecule has 0 aromatic rings. The van der Waals surface area contributed by atoms with Crippen LogP contribution in [0.4, 0.5) is 0 Å². The van der Waals surface area contributed by atoms with Crippen LogP contribution in [0.3, 0.4) is 0 Å². The number of nitrogens with two attached hydrogens (primary N) is 1. The summed E-state index contributed by atoms with van der Waals surface area (Å²) in [6.45, 7) is 2.15. The molecule has 1 aliphatic heterocycles. The van der Waals surface area contributed by atoms with Crippen molar-refractivity contribution < 1.29 is 0 Å². The molecular weight excluding hydrogens is 88.1 g/mol. The normalized spacial score (nSPS) is 64.3. The van der Waals surface area contributed by atoms with E-state index >= 15 is 0 Å². The van der Waals surface area contributed by atoms with Crippen LogP contribution in [0.1, 0.15) is 13.3 Å². The number of hydrogen-bond acceptors (Lipinski definition) is 2. The van der Waals surface area contributed by atoms with Crippen LogP contribution >= 0.6 is 0 Å². The van der Waals surface area contributed by atoms with E-state index in [9.17, 15) is 0 Å². The zero-order valence-electron chi connectivity index (χ0n) is 4.44. The SMILES string of the molecule is CCC1(N)C2NC21. The Morgan fingerprint density at radius 1 is 1.71 bits per heavy atom. The standard InChI is InChI=1S/C5H10N2/c1-2-5(6)3-4(5)7-3/h3-4,7H,2,6H2,1H3. The maximum Gasteiger partial charge on any atom is 0.0495 e. The fourth-order valence-corrected chi connectivity index (χ4v) is 1.25. The second-order valence-electron chi connectivity index (χ2n) is 2.59. The van der Waals surface area contributed by atoms with Gasteiger partial charge in [0.05, 0.1) is 0 Å². The summed E-state index contributed by atoms with van der Waals surface area (Å²) in [5, 5.41) is 3.21. The first kappa shape index (κ1) is 3.87. The van der Waals surface area contributed by atoms with E-state index < -0.39 is 0 Å². The van der Waals surface area contributed by atoms with Crippen LogP contribution < -0.4 is 11.1 Å². The molecule has 1 saturated carbocycles. The molecule has 2 unspecified atom stereocenters. The van der Waals surface area contributed by atoms with E-state index in [1.165, 1.54) is 0 Å². The van der Waals surface area contributed by atoms with Gasteiger partial charge in [0.25, 0.3) is 0 Å². The van der Waals surface area contributed by atoms with E-state index in [0.29, 0.717) is 12.1 Å². The molecule has 0 aromatic heterocycles. The fourth-order valence-electron chi connectivity index (χ4n) is 1.25. The highest BCUT2D eigenvalue weighted by molar-refractivity contribution is 5.39. The topological polar surface area (TPSA) is 48.0 Å². The summed E-state index contributed by atoms with van der Waals surface area (Å²) in [4.78, 5) is 0. The Morgan fingerprint density at radius 2 is 2.29 bits per heavy atom. The van der Waals surface area contributed by atoms with Crippen LogP contribution in [-0.2, 0) is 0 Å². The van der Waals surface area contributed by atoms with E-state index in [1.54, 1.807) is 0 Å². The first-order valence-electron chi connectivity index (χ1n) is 2.84. The highest BCUT2D eigenvalue weighted by Gasteiger charge is 2.73. The molecule has 3 N–H and O–H groups in total. The van der Waals surface area contributed by atoms with Gasteiger partial charge < -0.3 is 11.1 Å². The van der Waals surface area contributed by atoms with E-state index in [0.717, 1.165) is 6.42 Å². The summed E-state index contributed by atoms with van der Waals surface area (Å²) in [5.41, 5.74) is 6.01. The van der Waals surface area contributed by atoms with Crippen molar-refractivity contribution in [2.24, 2.45) is 5.73 Å². The highest BCUT2D eigenvalue weighted by Crippen LogP contribution is 2.49. The van der Waals surface area contributed by atoms with Crippen LogP contribution in [-0.4, -0.2) is 17.6 Å². The quantitative estimate of drug-likeness (QED) is 0.432. The molecule has 2 atom stereocenters. The van der Waals surface area contributed by atoms with Crippen molar-refractivity contribution in [1.29, 1.82) is 0 Å². The third-order valence-corrected chi connectivity index (χ3v) is 2.24. The molecule has 0 amide bonds. The van der Waals surface area contributed by atoms with Gasteiger partial charge in [0.1, 0.15) is 0 Å². The van der Waals surface area contributed by atoms with Gasteiger partial charge in [-0.3, -0.25) is 0 Å². The van der Waals surface area contributed by atoms with Crippen molar-refractivity contribution in [1.82, 2.24) is 5.32 Å². The van der Waals surface area contributed by atoms with Crippen LogP contribution in [0.15, 0.2) is 0 Å². The second-order valence-corrected chi connectivity index (χ2v) is 2.59. The molecule has 2 nitrogen and oxygen atoms in total. The minimum Gasteiger partial charge on any atom is -0.322 e. The lowest BCUT2D eigenvalue weighted by Crippen LogP contribution is -2.39. The van der Waals surface area contributed by atoms with E-state index in [1.807, 2.05) is 0 Å². The summed E-state index contributed by atoms with van der Waals surface area (Å²) in [6.07, 6.45) is 1.13. The van der Waals surface area contributed by atoms with Crippen molar-refractivity contribution in [2.75, 3.05) is 0 Å². The molecule has 2 fully saturated rings. The maximum absolute atomic E-state index is 5.78. The molecule has 1 saturated heterocycles. The molecule has 2 rings (SSSR count). The first-order chi connectivity index (χ1) is 3.29. The molecule has 1 heterocycles. The average Bonchev–Trinajstić information content (AvgIpc) is 2.46. The number of hydrogen-bond donors (Lipinski definition) is 2. The van der Waals surface area contributed by atoms with Gasteiger partial charge in [-0.15, -0.1) is 0 Å². The summed E-state index contributed by atoms with van der Waals surface area (Å²) in [6, 6.07) is 1.41. The third-order valence-electron chi connectivity index (χ3n) is 2.24. The first-order valence-corrected chi connectivity index (χ1v) is 2.84. The van der Waals surface area contributed by atoms with Crippen molar-refractivity contribution in [3.05, 3.63) is 0 Å². The van der Waals surface area contributed by atoms with Crippen LogP contribution in [0, 0.1) is 0 Å². The molecule has 2 aliphatic rings. The largest absolute Gasteiger partial charge is 0.322 e. The summed E-state index contributed by atoms with van der Waals surface area (Å²) in [5.74, 6) is 0. The van der Waals surface area contributed by atoms with Crippen molar-refractivity contribution in [2.45, 2.75) is 31.0 Å². The molecule has 0 bridgehead atoms. The van der Waals surface area contributed by atoms with Gasteiger partial charge in [-0.1, -0.05) is 6.92 Å². The molecule has 1 aliphatic carbocycles. The second kappa shape index (κ2) is 0.740. The number of rotatable bonds is 1. The Balaban J connectivity index is 2.06. The number of fused-ring (bicyclic) bond motifs is 1. The van der Waals surface area contributed by atoms with Gasteiger partial charge in [0.15, 0.2) is 0 Å². The summed E-state index contributed by atoms with van der Waals surface area (Å²) in [7, 11) is 0. The predicted octanol–water partition coefficient (Wildman–Crippen LogP) is -0.552. The van der Waals surface area contributed by atoms with Gasteiger partial charge in [-0.2, -0.15) is 0 Å². The van der Waals surface area contributed by atoms with Gasteiger partial charge in [0, 0.05) is 17.6 Å². The Hall–Kier alpha value is -0.0800. The smallest absolute Gasteiger partial charge is 0.0495 e. The molecule has 7 heavy (non-hydrogen) atoms. The third kappa shape index (κ3) is 0.254. The minimum atomic E-state index is 0.236. The molecular formula is C5H10N2. The Kier molecular flexibility index (Phi) is 0.408. The summed E-state index contributed by atoms with van der Waals surface area (Å²) >= 11 is 0. The van der Waals surface area contributed by atoms with Gasteiger partial charge in [-0.05, 0) is 6.42 Å². The molecule has 40 valence electrons. The lowest BCUT2D eigenvalue weighted by atomic mass is 10.1. The van der Waals surface area contributed by atoms with Crippen LogP contribution in [0.25, 0.3) is 0 Å². The van der Waals surface area contributed by atoms with Gasteiger partial charge in [-0.25, -0.2) is 0 Å². The molecule has 2 heteroatoms.